The van der Waals surface area contributed by atoms with Crippen LogP contribution in [-0.4, -0.2) is 19.2 Å². The summed E-state index contributed by atoms with van der Waals surface area (Å²) in [6, 6.07) is 21.1. The second kappa shape index (κ2) is 10.9. The van der Waals surface area contributed by atoms with Gasteiger partial charge < -0.3 is 9.47 Å². The van der Waals surface area contributed by atoms with Crippen LogP contribution >= 0.6 is 31.9 Å². The Balaban J connectivity index is 1.63. The number of halogens is 2. The summed E-state index contributed by atoms with van der Waals surface area (Å²) in [7, 11) is 1.58. The first-order chi connectivity index (χ1) is 14.5. The number of amides is 1. The molecule has 7 heteroatoms. The average Bonchev–Trinajstić information content (AvgIpc) is 2.75. The van der Waals surface area contributed by atoms with Crippen LogP contribution in [0.25, 0.3) is 0 Å². The van der Waals surface area contributed by atoms with E-state index >= 15 is 0 Å². The quantitative estimate of drug-likeness (QED) is 0.309. The van der Waals surface area contributed by atoms with Crippen LogP contribution in [0.5, 0.6) is 11.5 Å². The molecular weight excluding hydrogens is 512 g/mol. The molecule has 0 fully saturated rings. The first-order valence-electron chi connectivity index (χ1n) is 9.16. The molecule has 0 aliphatic heterocycles. The summed E-state index contributed by atoms with van der Waals surface area (Å²) in [6.45, 7) is 0.416. The fourth-order valence-corrected chi connectivity index (χ4v) is 3.35. The van der Waals surface area contributed by atoms with Gasteiger partial charge in [-0.15, -0.1) is 0 Å². The fourth-order valence-electron chi connectivity index (χ4n) is 2.66. The van der Waals surface area contributed by atoms with E-state index < -0.39 is 0 Å². The Morgan fingerprint density at radius 1 is 1.00 bits per heavy atom. The van der Waals surface area contributed by atoms with Gasteiger partial charge in [-0.1, -0.05) is 58.4 Å². The van der Waals surface area contributed by atoms with Crippen LogP contribution in [0.2, 0.25) is 0 Å². The van der Waals surface area contributed by atoms with Crippen LogP contribution in [0.3, 0.4) is 0 Å². The molecule has 0 spiro atoms. The number of nitrogens with zero attached hydrogens (tertiary/aromatic N) is 1. The number of hydrogen-bond donors (Lipinski definition) is 1. The number of hydrogen-bond acceptors (Lipinski definition) is 4. The van der Waals surface area contributed by atoms with Crippen LogP contribution in [0.1, 0.15) is 16.7 Å². The van der Waals surface area contributed by atoms with E-state index in [9.17, 15) is 4.79 Å². The highest BCUT2D eigenvalue weighted by Crippen LogP contribution is 2.33. The molecule has 154 valence electrons. The normalized spacial score (nSPS) is 10.8. The second-order valence-electron chi connectivity index (χ2n) is 6.40. The summed E-state index contributed by atoms with van der Waals surface area (Å²) in [5.74, 6) is 1.000. The van der Waals surface area contributed by atoms with Crippen LogP contribution < -0.4 is 14.9 Å². The molecule has 30 heavy (non-hydrogen) atoms. The Morgan fingerprint density at radius 3 is 2.43 bits per heavy atom. The van der Waals surface area contributed by atoms with Crippen molar-refractivity contribution >= 4 is 44.0 Å². The number of benzene rings is 3. The molecule has 1 amide bonds. The van der Waals surface area contributed by atoms with Crippen molar-refractivity contribution < 1.29 is 14.3 Å². The van der Waals surface area contributed by atoms with Crippen molar-refractivity contribution in [3.05, 3.63) is 92.4 Å². The van der Waals surface area contributed by atoms with Crippen molar-refractivity contribution in [1.29, 1.82) is 0 Å². The molecule has 3 aromatic carbocycles. The van der Waals surface area contributed by atoms with Gasteiger partial charge in [-0.25, -0.2) is 5.43 Å². The smallest absolute Gasteiger partial charge is 0.244 e. The van der Waals surface area contributed by atoms with Gasteiger partial charge in [-0.2, -0.15) is 5.10 Å². The first-order valence-corrected chi connectivity index (χ1v) is 10.7. The molecule has 0 aliphatic rings. The number of rotatable bonds is 8. The summed E-state index contributed by atoms with van der Waals surface area (Å²) in [5.41, 5.74) is 5.27. The molecule has 0 saturated carbocycles. The number of carbonyl (C=O) groups is 1. The van der Waals surface area contributed by atoms with Gasteiger partial charge in [0.25, 0.3) is 0 Å². The number of methoxy groups -OCH3 is 1. The third-order valence-electron chi connectivity index (χ3n) is 4.19. The van der Waals surface area contributed by atoms with Crippen molar-refractivity contribution in [2.45, 2.75) is 13.0 Å². The van der Waals surface area contributed by atoms with E-state index in [1.807, 2.05) is 60.7 Å². The molecule has 0 heterocycles. The van der Waals surface area contributed by atoms with Crippen LogP contribution in [0, 0.1) is 0 Å². The molecule has 0 aliphatic carbocycles. The first kappa shape index (κ1) is 22.1. The molecule has 1 N–H and O–H groups in total. The van der Waals surface area contributed by atoms with Crippen LogP contribution in [0.4, 0.5) is 0 Å². The maximum Gasteiger partial charge on any atom is 0.244 e. The van der Waals surface area contributed by atoms with E-state index in [1.165, 1.54) is 0 Å². The minimum atomic E-state index is -0.185. The number of carbonyl (C=O) groups excluding carboxylic acids is 1. The SMILES string of the molecule is COc1cc(C=NNC(=O)Cc2ccccc2)c(Br)cc1OCc1ccc(Br)cc1. The topological polar surface area (TPSA) is 59.9 Å². The van der Waals surface area contributed by atoms with E-state index in [1.54, 1.807) is 19.4 Å². The van der Waals surface area contributed by atoms with Crippen molar-refractivity contribution in [3.8, 4) is 11.5 Å². The van der Waals surface area contributed by atoms with Gasteiger partial charge >= 0.3 is 0 Å². The van der Waals surface area contributed by atoms with Gasteiger partial charge in [0.2, 0.25) is 5.91 Å². The fraction of sp³-hybridized carbons (Fsp3) is 0.130. The van der Waals surface area contributed by atoms with Crippen LogP contribution in [0.15, 0.2) is 80.8 Å². The zero-order chi connectivity index (χ0) is 21.3. The Bertz CT molecular complexity index is 1020. The molecule has 5 nitrogen and oxygen atoms in total. The highest BCUT2D eigenvalue weighted by molar-refractivity contribution is 9.10. The standard InChI is InChI=1S/C23H20Br2N2O3/c1-29-21-12-18(14-26-27-23(28)11-16-5-3-2-4-6-16)20(25)13-22(21)30-15-17-7-9-19(24)10-8-17/h2-10,12-14H,11,15H2,1H3,(H,27,28). The summed E-state index contributed by atoms with van der Waals surface area (Å²) in [5, 5.41) is 4.05. The minimum absolute atomic E-state index is 0.185. The molecule has 3 aromatic rings. The molecule has 0 radical (unpaired) electrons. The Hall–Kier alpha value is -2.64. The van der Waals surface area contributed by atoms with Crippen LogP contribution in [-0.2, 0) is 17.8 Å². The lowest BCUT2D eigenvalue weighted by molar-refractivity contribution is -0.120. The third kappa shape index (κ3) is 6.43. The van der Waals surface area contributed by atoms with Crippen molar-refractivity contribution in [1.82, 2.24) is 5.43 Å². The zero-order valence-electron chi connectivity index (χ0n) is 16.3. The minimum Gasteiger partial charge on any atom is -0.493 e. The average molecular weight is 532 g/mol. The van der Waals surface area contributed by atoms with Crippen molar-refractivity contribution in [2.75, 3.05) is 7.11 Å². The highest BCUT2D eigenvalue weighted by atomic mass is 79.9. The van der Waals surface area contributed by atoms with Gasteiger partial charge in [0.05, 0.1) is 19.7 Å². The molecule has 0 aromatic heterocycles. The molecule has 0 atom stereocenters. The third-order valence-corrected chi connectivity index (χ3v) is 5.41. The molecule has 0 bridgehead atoms. The number of nitrogens with one attached hydrogen (secondary N) is 1. The predicted molar refractivity (Wildman–Crippen MR) is 125 cm³/mol. The lowest BCUT2D eigenvalue weighted by Gasteiger charge is -2.13. The van der Waals surface area contributed by atoms with Gasteiger partial charge in [0.15, 0.2) is 11.5 Å². The summed E-state index contributed by atoms with van der Waals surface area (Å²) < 4.78 is 13.2. The van der Waals surface area contributed by atoms with Crippen molar-refractivity contribution in [2.24, 2.45) is 5.10 Å². The molecular formula is C23H20Br2N2O3. The zero-order valence-corrected chi connectivity index (χ0v) is 19.4. The van der Waals surface area contributed by atoms with E-state index in [4.69, 9.17) is 9.47 Å². The van der Waals surface area contributed by atoms with E-state index in [0.717, 1.165) is 25.6 Å². The largest absolute Gasteiger partial charge is 0.493 e. The van der Waals surface area contributed by atoms with Gasteiger partial charge in [-0.3, -0.25) is 4.79 Å². The van der Waals surface area contributed by atoms with Gasteiger partial charge in [0.1, 0.15) is 6.61 Å². The lowest BCUT2D eigenvalue weighted by Crippen LogP contribution is -2.19. The van der Waals surface area contributed by atoms with Crippen molar-refractivity contribution in [3.63, 3.8) is 0 Å². The molecule has 0 unspecified atom stereocenters. The van der Waals surface area contributed by atoms with E-state index in [0.29, 0.717) is 18.1 Å². The van der Waals surface area contributed by atoms with E-state index in [2.05, 4.69) is 42.4 Å². The number of hydrazone groups is 1. The predicted octanol–water partition coefficient (Wildman–Crippen LogP) is 5.49. The number of ether oxygens (including phenoxy) is 2. The summed E-state index contributed by atoms with van der Waals surface area (Å²) in [6.07, 6.45) is 1.83. The van der Waals surface area contributed by atoms with Gasteiger partial charge in [-0.05, 0) is 51.3 Å². The Kier molecular flexibility index (Phi) is 8.04. The summed E-state index contributed by atoms with van der Waals surface area (Å²) >= 11 is 6.94. The molecule has 0 saturated heterocycles. The van der Waals surface area contributed by atoms with Gasteiger partial charge in [0, 0.05) is 14.5 Å². The maximum absolute atomic E-state index is 12.0. The van der Waals surface area contributed by atoms with E-state index in [-0.39, 0.29) is 12.3 Å². The highest BCUT2D eigenvalue weighted by Gasteiger charge is 2.10. The second-order valence-corrected chi connectivity index (χ2v) is 8.17. The lowest BCUT2D eigenvalue weighted by atomic mass is 10.1. The summed E-state index contributed by atoms with van der Waals surface area (Å²) in [4.78, 5) is 12.0. The Labute approximate surface area is 192 Å². The monoisotopic (exact) mass is 530 g/mol. The molecule has 3 rings (SSSR count). The Morgan fingerprint density at radius 2 is 1.73 bits per heavy atom. The maximum atomic E-state index is 12.0.